The molecule has 1 aromatic heterocycles. The first-order valence-electron chi connectivity index (χ1n) is 6.13. The summed E-state index contributed by atoms with van der Waals surface area (Å²) in [5.74, 6) is 2.39. The normalized spacial score (nSPS) is 12.2. The molecule has 0 saturated heterocycles. The lowest BCUT2D eigenvalue weighted by molar-refractivity contribution is 0.399. The van der Waals surface area contributed by atoms with Crippen LogP contribution in [0.4, 0.5) is 0 Å². The molecule has 0 bridgehead atoms. The van der Waals surface area contributed by atoms with Crippen LogP contribution in [0.5, 0.6) is 11.5 Å². The number of hydrogen-bond donors (Lipinski definition) is 0. The van der Waals surface area contributed by atoms with Crippen LogP contribution >= 0.6 is 11.6 Å². The minimum absolute atomic E-state index is 0.321. The van der Waals surface area contributed by atoms with Gasteiger partial charge in [0.25, 0.3) is 0 Å². The van der Waals surface area contributed by atoms with E-state index >= 15 is 0 Å². The molecule has 0 spiro atoms. The molecule has 0 radical (unpaired) electrons. The van der Waals surface area contributed by atoms with Gasteiger partial charge >= 0.3 is 0 Å². The van der Waals surface area contributed by atoms with Crippen LogP contribution in [0.25, 0.3) is 0 Å². The zero-order chi connectivity index (χ0) is 13.8. The maximum Gasteiger partial charge on any atom is 0.124 e. The van der Waals surface area contributed by atoms with Gasteiger partial charge in [0, 0.05) is 17.5 Å². The number of hydrogen-bond acceptors (Lipinski definition) is 3. The van der Waals surface area contributed by atoms with Crippen molar-refractivity contribution in [1.82, 2.24) is 0 Å². The standard InChI is InChI=1S/C15H17ClO3/c1-4-13-11(7-8-19-13)15(16)12-9-10(17-2)5-6-14(12)18-3/h5-9,15H,4H2,1-3H3. The van der Waals surface area contributed by atoms with Crippen LogP contribution in [0.3, 0.4) is 0 Å². The van der Waals surface area contributed by atoms with E-state index in [-0.39, 0.29) is 5.38 Å². The Labute approximate surface area is 118 Å². The fraction of sp³-hybridized carbons (Fsp3) is 0.333. The summed E-state index contributed by atoms with van der Waals surface area (Å²) in [6.45, 7) is 2.04. The van der Waals surface area contributed by atoms with E-state index in [1.54, 1.807) is 20.5 Å². The zero-order valence-electron chi connectivity index (χ0n) is 11.3. The predicted octanol–water partition coefficient (Wildman–Crippen LogP) is 4.19. The maximum atomic E-state index is 6.57. The van der Waals surface area contributed by atoms with Crippen LogP contribution in [-0.4, -0.2) is 14.2 Å². The summed E-state index contributed by atoms with van der Waals surface area (Å²) in [6, 6.07) is 7.50. The molecule has 2 rings (SSSR count). The van der Waals surface area contributed by atoms with Crippen molar-refractivity contribution in [3.63, 3.8) is 0 Å². The second-order valence-corrected chi connectivity index (χ2v) is 4.56. The van der Waals surface area contributed by atoms with Crippen LogP contribution in [0.1, 0.15) is 29.2 Å². The van der Waals surface area contributed by atoms with Gasteiger partial charge in [0.2, 0.25) is 0 Å². The van der Waals surface area contributed by atoms with Crippen molar-refractivity contribution in [2.24, 2.45) is 0 Å². The fourth-order valence-corrected chi connectivity index (χ4v) is 2.43. The van der Waals surface area contributed by atoms with Gasteiger partial charge in [-0.3, -0.25) is 0 Å². The first-order valence-corrected chi connectivity index (χ1v) is 6.57. The zero-order valence-corrected chi connectivity index (χ0v) is 12.0. The minimum Gasteiger partial charge on any atom is -0.497 e. The molecule has 4 heteroatoms. The van der Waals surface area contributed by atoms with Gasteiger partial charge in [-0.05, 0) is 24.3 Å². The summed E-state index contributed by atoms with van der Waals surface area (Å²) < 4.78 is 16.0. The Kier molecular flexibility index (Phi) is 4.38. The lowest BCUT2D eigenvalue weighted by atomic mass is 10.0. The Bertz CT molecular complexity index is 548. The fourth-order valence-electron chi connectivity index (χ4n) is 2.07. The Morgan fingerprint density at radius 2 is 1.95 bits per heavy atom. The van der Waals surface area contributed by atoms with Crippen molar-refractivity contribution in [2.45, 2.75) is 18.7 Å². The number of ether oxygens (including phenoxy) is 2. The largest absolute Gasteiger partial charge is 0.497 e. The second-order valence-electron chi connectivity index (χ2n) is 4.12. The number of rotatable bonds is 5. The molecule has 19 heavy (non-hydrogen) atoms. The van der Waals surface area contributed by atoms with Crippen molar-refractivity contribution in [1.29, 1.82) is 0 Å². The molecule has 0 aliphatic carbocycles. The summed E-state index contributed by atoms with van der Waals surface area (Å²) in [7, 11) is 3.26. The molecule has 3 nitrogen and oxygen atoms in total. The van der Waals surface area contributed by atoms with Crippen molar-refractivity contribution in [2.75, 3.05) is 14.2 Å². The Morgan fingerprint density at radius 3 is 2.58 bits per heavy atom. The first-order chi connectivity index (χ1) is 9.21. The Balaban J connectivity index is 2.45. The van der Waals surface area contributed by atoms with Gasteiger partial charge in [0.1, 0.15) is 17.3 Å². The third-order valence-electron chi connectivity index (χ3n) is 3.08. The van der Waals surface area contributed by atoms with Gasteiger partial charge in [-0.15, -0.1) is 11.6 Å². The van der Waals surface area contributed by atoms with Crippen molar-refractivity contribution < 1.29 is 13.9 Å². The number of halogens is 1. The average molecular weight is 281 g/mol. The molecule has 2 aromatic rings. The highest BCUT2D eigenvalue weighted by molar-refractivity contribution is 6.23. The van der Waals surface area contributed by atoms with E-state index in [2.05, 4.69) is 0 Å². The topological polar surface area (TPSA) is 31.6 Å². The molecule has 1 unspecified atom stereocenters. The summed E-state index contributed by atoms with van der Waals surface area (Å²) in [4.78, 5) is 0. The lowest BCUT2D eigenvalue weighted by Crippen LogP contribution is -1.99. The van der Waals surface area contributed by atoms with E-state index in [0.29, 0.717) is 0 Å². The molecule has 0 N–H and O–H groups in total. The molecule has 0 aliphatic rings. The second kappa shape index (κ2) is 6.02. The highest BCUT2D eigenvalue weighted by Gasteiger charge is 2.20. The van der Waals surface area contributed by atoms with Crippen LogP contribution < -0.4 is 9.47 Å². The van der Waals surface area contributed by atoms with E-state index in [4.69, 9.17) is 25.5 Å². The highest BCUT2D eigenvalue weighted by atomic mass is 35.5. The summed E-state index contributed by atoms with van der Waals surface area (Å²) >= 11 is 6.57. The Hall–Kier alpha value is -1.61. The first kappa shape index (κ1) is 13.8. The van der Waals surface area contributed by atoms with E-state index in [9.17, 15) is 0 Å². The van der Waals surface area contributed by atoms with Crippen molar-refractivity contribution in [3.05, 3.63) is 47.4 Å². The van der Waals surface area contributed by atoms with E-state index in [1.165, 1.54) is 0 Å². The highest BCUT2D eigenvalue weighted by Crippen LogP contribution is 2.38. The third-order valence-corrected chi connectivity index (χ3v) is 3.55. The number of benzene rings is 1. The van der Waals surface area contributed by atoms with E-state index in [0.717, 1.165) is 34.8 Å². The van der Waals surface area contributed by atoms with E-state index < -0.39 is 0 Å². The molecular formula is C15H17ClO3. The predicted molar refractivity (Wildman–Crippen MR) is 75.3 cm³/mol. The van der Waals surface area contributed by atoms with E-state index in [1.807, 2.05) is 31.2 Å². The molecule has 0 fully saturated rings. The van der Waals surface area contributed by atoms with Gasteiger partial charge in [-0.1, -0.05) is 6.92 Å². The van der Waals surface area contributed by atoms with Gasteiger partial charge < -0.3 is 13.9 Å². The summed E-state index contributed by atoms with van der Waals surface area (Å²) in [5, 5.41) is -0.321. The summed E-state index contributed by atoms with van der Waals surface area (Å²) in [5.41, 5.74) is 1.84. The third kappa shape index (κ3) is 2.71. The number of methoxy groups -OCH3 is 2. The van der Waals surface area contributed by atoms with Crippen molar-refractivity contribution in [3.8, 4) is 11.5 Å². The molecule has 0 saturated carbocycles. The number of alkyl halides is 1. The van der Waals surface area contributed by atoms with Crippen LogP contribution in [0.15, 0.2) is 34.9 Å². The molecule has 1 aromatic carbocycles. The summed E-state index contributed by atoms with van der Waals surface area (Å²) in [6.07, 6.45) is 2.47. The van der Waals surface area contributed by atoms with Gasteiger partial charge in [-0.2, -0.15) is 0 Å². The van der Waals surface area contributed by atoms with Crippen LogP contribution in [0.2, 0.25) is 0 Å². The monoisotopic (exact) mass is 280 g/mol. The molecule has 102 valence electrons. The minimum atomic E-state index is -0.321. The van der Waals surface area contributed by atoms with Gasteiger partial charge in [0.15, 0.2) is 0 Å². The quantitative estimate of drug-likeness (QED) is 0.770. The Morgan fingerprint density at radius 1 is 1.16 bits per heavy atom. The molecule has 1 heterocycles. The van der Waals surface area contributed by atoms with Crippen LogP contribution in [-0.2, 0) is 6.42 Å². The molecule has 0 aliphatic heterocycles. The molecule has 1 atom stereocenters. The lowest BCUT2D eigenvalue weighted by Gasteiger charge is -2.15. The number of aryl methyl sites for hydroxylation is 1. The number of furan rings is 1. The van der Waals surface area contributed by atoms with Crippen LogP contribution in [0, 0.1) is 0 Å². The molecular weight excluding hydrogens is 264 g/mol. The van der Waals surface area contributed by atoms with Gasteiger partial charge in [0.05, 0.1) is 25.9 Å². The molecule has 0 amide bonds. The SMILES string of the molecule is CCc1occc1C(Cl)c1cc(OC)ccc1OC. The van der Waals surface area contributed by atoms with Crippen molar-refractivity contribution >= 4 is 11.6 Å². The maximum absolute atomic E-state index is 6.57. The van der Waals surface area contributed by atoms with Gasteiger partial charge in [-0.25, -0.2) is 0 Å². The smallest absolute Gasteiger partial charge is 0.124 e. The average Bonchev–Trinajstić information content (AvgIpc) is 2.94.